The Hall–Kier alpha value is -1.04. The number of nitrogens with zero attached hydrogens (tertiary/aromatic N) is 1. The van der Waals surface area contributed by atoms with Gasteiger partial charge >= 0.3 is 0 Å². The second kappa shape index (κ2) is 6.61. The number of ether oxygens (including phenoxy) is 1. The van der Waals surface area contributed by atoms with Gasteiger partial charge in [-0.2, -0.15) is 0 Å². The fourth-order valence-corrected chi connectivity index (χ4v) is 2.85. The summed E-state index contributed by atoms with van der Waals surface area (Å²) in [7, 11) is 1.81. The maximum atomic E-state index is 14.1. The summed E-state index contributed by atoms with van der Waals surface area (Å²) in [5, 5.41) is 3.04. The van der Waals surface area contributed by atoms with E-state index in [0.717, 1.165) is 0 Å². The zero-order chi connectivity index (χ0) is 14.7. The first kappa shape index (κ1) is 15.4. The summed E-state index contributed by atoms with van der Waals surface area (Å²) >= 11 is 0. The number of hydrogen-bond donors (Lipinski definition) is 1. The van der Waals surface area contributed by atoms with E-state index in [1.165, 1.54) is 18.2 Å². The molecule has 0 bridgehead atoms. The first-order valence-electron chi connectivity index (χ1n) is 7.02. The Morgan fingerprint density at radius 3 is 2.55 bits per heavy atom. The Bertz CT molecular complexity index is 431. The van der Waals surface area contributed by atoms with Crippen LogP contribution in [0.4, 0.5) is 8.78 Å². The SMILES string of the molecule is CNCC1OCCN(C(C)C)C1c1c(F)cccc1F. The highest BCUT2D eigenvalue weighted by molar-refractivity contribution is 5.25. The van der Waals surface area contributed by atoms with Crippen LogP contribution in [0.3, 0.4) is 0 Å². The van der Waals surface area contributed by atoms with Crippen molar-refractivity contribution >= 4 is 0 Å². The molecule has 1 aromatic rings. The number of benzene rings is 1. The molecule has 112 valence electrons. The van der Waals surface area contributed by atoms with E-state index < -0.39 is 17.7 Å². The molecule has 0 amide bonds. The first-order valence-corrected chi connectivity index (χ1v) is 7.02. The summed E-state index contributed by atoms with van der Waals surface area (Å²) in [6.07, 6.45) is -0.262. The average Bonchev–Trinajstić information content (AvgIpc) is 2.40. The highest BCUT2D eigenvalue weighted by atomic mass is 19.1. The van der Waals surface area contributed by atoms with Crippen LogP contribution >= 0.6 is 0 Å². The van der Waals surface area contributed by atoms with Crippen molar-refractivity contribution in [1.29, 1.82) is 0 Å². The van der Waals surface area contributed by atoms with E-state index >= 15 is 0 Å². The minimum Gasteiger partial charge on any atom is -0.374 e. The summed E-state index contributed by atoms with van der Waals surface area (Å²) < 4.78 is 34.0. The molecule has 0 radical (unpaired) electrons. The first-order chi connectivity index (χ1) is 9.56. The second-order valence-corrected chi connectivity index (χ2v) is 5.38. The Labute approximate surface area is 118 Å². The fraction of sp³-hybridized carbons (Fsp3) is 0.600. The van der Waals surface area contributed by atoms with Crippen molar-refractivity contribution < 1.29 is 13.5 Å². The predicted molar refractivity (Wildman–Crippen MR) is 74.6 cm³/mol. The van der Waals surface area contributed by atoms with Gasteiger partial charge in [0.1, 0.15) is 11.6 Å². The third-order valence-corrected chi connectivity index (χ3v) is 3.75. The number of morpholine rings is 1. The summed E-state index contributed by atoms with van der Waals surface area (Å²) in [6.45, 7) is 5.89. The molecule has 2 unspecified atom stereocenters. The van der Waals surface area contributed by atoms with Crippen LogP contribution in [-0.4, -0.2) is 43.8 Å². The van der Waals surface area contributed by atoms with Gasteiger partial charge in [0.25, 0.3) is 0 Å². The number of likely N-dealkylation sites (N-methyl/N-ethyl adjacent to an activating group) is 1. The lowest BCUT2D eigenvalue weighted by molar-refractivity contribution is -0.0835. The third-order valence-electron chi connectivity index (χ3n) is 3.75. The molecule has 3 nitrogen and oxygen atoms in total. The molecule has 1 saturated heterocycles. The maximum absolute atomic E-state index is 14.1. The Balaban J connectivity index is 2.43. The van der Waals surface area contributed by atoms with Crippen LogP contribution in [0.5, 0.6) is 0 Å². The molecule has 0 aliphatic carbocycles. The summed E-state index contributed by atoms with van der Waals surface area (Å²) in [6, 6.07) is 3.80. The van der Waals surface area contributed by atoms with Crippen molar-refractivity contribution in [2.24, 2.45) is 0 Å². The van der Waals surface area contributed by atoms with Gasteiger partial charge in [-0.1, -0.05) is 6.07 Å². The highest BCUT2D eigenvalue weighted by Gasteiger charge is 2.37. The van der Waals surface area contributed by atoms with Crippen LogP contribution in [0.15, 0.2) is 18.2 Å². The molecule has 0 aromatic heterocycles. The second-order valence-electron chi connectivity index (χ2n) is 5.38. The van der Waals surface area contributed by atoms with Crippen LogP contribution in [0.2, 0.25) is 0 Å². The third kappa shape index (κ3) is 3.00. The van der Waals surface area contributed by atoms with Gasteiger partial charge < -0.3 is 10.1 Å². The zero-order valence-electron chi connectivity index (χ0n) is 12.2. The lowest BCUT2D eigenvalue weighted by Gasteiger charge is -2.43. The molecule has 1 N–H and O–H groups in total. The molecule has 0 spiro atoms. The van der Waals surface area contributed by atoms with E-state index in [-0.39, 0.29) is 17.7 Å². The van der Waals surface area contributed by atoms with Gasteiger partial charge in [-0.15, -0.1) is 0 Å². The predicted octanol–water partition coefficient (Wildman–Crippen LogP) is 2.33. The molecule has 1 aliphatic rings. The molecule has 2 rings (SSSR count). The van der Waals surface area contributed by atoms with Crippen molar-refractivity contribution in [3.05, 3.63) is 35.4 Å². The van der Waals surface area contributed by atoms with E-state index in [1.807, 2.05) is 20.9 Å². The van der Waals surface area contributed by atoms with Crippen molar-refractivity contribution in [2.45, 2.75) is 32.0 Å². The van der Waals surface area contributed by atoms with Gasteiger partial charge in [0.2, 0.25) is 0 Å². The van der Waals surface area contributed by atoms with Crippen LogP contribution in [-0.2, 0) is 4.74 Å². The van der Waals surface area contributed by atoms with E-state index in [0.29, 0.717) is 19.7 Å². The largest absolute Gasteiger partial charge is 0.374 e. The number of hydrogen-bond acceptors (Lipinski definition) is 3. The van der Waals surface area contributed by atoms with E-state index in [4.69, 9.17) is 4.74 Å². The monoisotopic (exact) mass is 284 g/mol. The van der Waals surface area contributed by atoms with Gasteiger partial charge in [0.15, 0.2) is 0 Å². The molecule has 2 atom stereocenters. The van der Waals surface area contributed by atoms with Crippen LogP contribution in [0.1, 0.15) is 25.5 Å². The summed E-state index contributed by atoms with van der Waals surface area (Å²) in [5.74, 6) is -1.01. The molecular weight excluding hydrogens is 262 g/mol. The number of nitrogens with one attached hydrogen (secondary N) is 1. The molecule has 0 saturated carbocycles. The maximum Gasteiger partial charge on any atom is 0.131 e. The normalized spacial score (nSPS) is 24.3. The van der Waals surface area contributed by atoms with Gasteiger partial charge in [-0.3, -0.25) is 4.90 Å². The standard InChI is InChI=1S/C15H22F2N2O/c1-10(2)19-7-8-20-13(9-18-3)15(19)14-11(16)5-4-6-12(14)17/h4-6,10,13,15,18H,7-9H2,1-3H3. The van der Waals surface area contributed by atoms with Crippen LogP contribution in [0.25, 0.3) is 0 Å². The van der Waals surface area contributed by atoms with Crippen molar-refractivity contribution in [1.82, 2.24) is 10.2 Å². The van der Waals surface area contributed by atoms with E-state index in [9.17, 15) is 8.78 Å². The summed E-state index contributed by atoms with van der Waals surface area (Å²) in [4.78, 5) is 2.10. The molecular formula is C15H22F2N2O. The quantitative estimate of drug-likeness (QED) is 0.918. The molecule has 1 heterocycles. The average molecular weight is 284 g/mol. The Morgan fingerprint density at radius 2 is 2.00 bits per heavy atom. The van der Waals surface area contributed by atoms with Gasteiger partial charge in [-0.05, 0) is 33.0 Å². The van der Waals surface area contributed by atoms with Gasteiger partial charge in [0, 0.05) is 24.7 Å². The van der Waals surface area contributed by atoms with Crippen LogP contribution < -0.4 is 5.32 Å². The van der Waals surface area contributed by atoms with Gasteiger partial charge in [-0.25, -0.2) is 8.78 Å². The fourth-order valence-electron chi connectivity index (χ4n) is 2.85. The number of rotatable bonds is 4. The van der Waals surface area contributed by atoms with Crippen molar-refractivity contribution in [3.63, 3.8) is 0 Å². The lowest BCUT2D eigenvalue weighted by Crippen LogP contribution is -2.51. The topological polar surface area (TPSA) is 24.5 Å². The van der Waals surface area contributed by atoms with Crippen LogP contribution in [0, 0.1) is 11.6 Å². The number of halogens is 2. The minimum atomic E-state index is -0.507. The Kier molecular flexibility index (Phi) is 5.07. The van der Waals surface area contributed by atoms with E-state index in [1.54, 1.807) is 0 Å². The Morgan fingerprint density at radius 1 is 1.35 bits per heavy atom. The van der Waals surface area contributed by atoms with E-state index in [2.05, 4.69) is 10.2 Å². The lowest BCUT2D eigenvalue weighted by atomic mass is 9.95. The molecule has 20 heavy (non-hydrogen) atoms. The van der Waals surface area contributed by atoms with Crippen molar-refractivity contribution in [3.8, 4) is 0 Å². The highest BCUT2D eigenvalue weighted by Crippen LogP contribution is 2.34. The minimum absolute atomic E-state index is 0.112. The molecule has 1 fully saturated rings. The molecule has 5 heteroatoms. The molecule has 1 aromatic carbocycles. The smallest absolute Gasteiger partial charge is 0.131 e. The zero-order valence-corrected chi connectivity index (χ0v) is 12.2. The molecule has 1 aliphatic heterocycles. The van der Waals surface area contributed by atoms with Crippen molar-refractivity contribution in [2.75, 3.05) is 26.7 Å². The summed E-state index contributed by atoms with van der Waals surface area (Å²) in [5.41, 5.74) is 0.112. The van der Waals surface area contributed by atoms with Gasteiger partial charge in [0.05, 0.1) is 18.8 Å².